The van der Waals surface area contributed by atoms with Crippen LogP contribution in [0.25, 0.3) is 22.2 Å². The van der Waals surface area contributed by atoms with Gasteiger partial charge in [0.15, 0.2) is 4.73 Å². The van der Waals surface area contributed by atoms with Crippen LogP contribution in [0.2, 0.25) is 0 Å². The van der Waals surface area contributed by atoms with Crippen molar-refractivity contribution in [2.45, 2.75) is 6.42 Å². The SMILES string of the molecule is Cn1cc(-c2nc(Br)[nH]c2CCN)c2ccccc21. The number of aromatic amines is 1. The third-order valence-corrected chi connectivity index (χ3v) is 3.67. The molecule has 3 rings (SSSR count). The fourth-order valence-corrected chi connectivity index (χ4v) is 2.87. The molecule has 0 spiro atoms. The van der Waals surface area contributed by atoms with Gasteiger partial charge in [0.1, 0.15) is 0 Å². The van der Waals surface area contributed by atoms with Crippen LogP contribution >= 0.6 is 15.9 Å². The lowest BCUT2D eigenvalue weighted by atomic mass is 10.1. The van der Waals surface area contributed by atoms with E-state index < -0.39 is 0 Å². The summed E-state index contributed by atoms with van der Waals surface area (Å²) in [5, 5.41) is 1.21. The number of hydrogen-bond acceptors (Lipinski definition) is 2. The van der Waals surface area contributed by atoms with Gasteiger partial charge >= 0.3 is 0 Å². The molecule has 0 amide bonds. The van der Waals surface area contributed by atoms with Crippen molar-refractivity contribution in [3.63, 3.8) is 0 Å². The highest BCUT2D eigenvalue weighted by Gasteiger charge is 2.15. The minimum atomic E-state index is 0.604. The van der Waals surface area contributed by atoms with Crippen molar-refractivity contribution in [3.8, 4) is 11.3 Å². The van der Waals surface area contributed by atoms with Gasteiger partial charge in [0.05, 0.1) is 5.69 Å². The highest BCUT2D eigenvalue weighted by Crippen LogP contribution is 2.32. The van der Waals surface area contributed by atoms with E-state index in [-0.39, 0.29) is 0 Å². The molecule has 98 valence electrons. The molecule has 0 bridgehead atoms. The molecule has 3 aromatic rings. The molecule has 0 aliphatic rings. The summed E-state index contributed by atoms with van der Waals surface area (Å²) in [6.45, 7) is 0.604. The first-order valence-electron chi connectivity index (χ1n) is 6.19. The number of aryl methyl sites for hydroxylation is 1. The monoisotopic (exact) mass is 318 g/mol. The number of benzene rings is 1. The predicted molar refractivity (Wildman–Crippen MR) is 81.0 cm³/mol. The van der Waals surface area contributed by atoms with Gasteiger partial charge in [0.2, 0.25) is 0 Å². The van der Waals surface area contributed by atoms with Crippen molar-refractivity contribution in [1.29, 1.82) is 0 Å². The van der Waals surface area contributed by atoms with Crippen LogP contribution in [0, 0.1) is 0 Å². The van der Waals surface area contributed by atoms with Gasteiger partial charge in [0, 0.05) is 41.8 Å². The smallest absolute Gasteiger partial charge is 0.175 e. The Morgan fingerprint density at radius 3 is 2.95 bits per heavy atom. The maximum absolute atomic E-state index is 5.67. The zero-order chi connectivity index (χ0) is 13.4. The van der Waals surface area contributed by atoms with E-state index in [1.54, 1.807) is 0 Å². The summed E-state index contributed by atoms with van der Waals surface area (Å²) in [6.07, 6.45) is 2.91. The molecular formula is C14H15BrN4. The number of nitrogens with one attached hydrogen (secondary N) is 1. The second kappa shape index (κ2) is 4.83. The summed E-state index contributed by atoms with van der Waals surface area (Å²) >= 11 is 3.41. The number of hydrogen-bond donors (Lipinski definition) is 2. The number of rotatable bonds is 3. The summed E-state index contributed by atoms with van der Waals surface area (Å²) in [5.74, 6) is 0. The number of para-hydroxylation sites is 1. The lowest BCUT2D eigenvalue weighted by Gasteiger charge is -1.99. The van der Waals surface area contributed by atoms with Crippen LogP contribution in [0.15, 0.2) is 35.2 Å². The predicted octanol–water partition coefficient (Wildman–Crippen LogP) is 2.83. The Labute approximate surface area is 119 Å². The normalized spacial score (nSPS) is 11.3. The van der Waals surface area contributed by atoms with Crippen molar-refractivity contribution in [2.24, 2.45) is 12.8 Å². The van der Waals surface area contributed by atoms with Gasteiger partial charge in [-0.3, -0.25) is 0 Å². The number of H-pyrrole nitrogens is 1. The van der Waals surface area contributed by atoms with E-state index in [1.165, 1.54) is 10.9 Å². The maximum atomic E-state index is 5.67. The van der Waals surface area contributed by atoms with E-state index in [9.17, 15) is 0 Å². The van der Waals surface area contributed by atoms with Crippen molar-refractivity contribution in [1.82, 2.24) is 14.5 Å². The third-order valence-electron chi connectivity index (χ3n) is 3.30. The van der Waals surface area contributed by atoms with Crippen molar-refractivity contribution >= 4 is 26.8 Å². The van der Waals surface area contributed by atoms with Crippen molar-refractivity contribution in [3.05, 3.63) is 40.9 Å². The van der Waals surface area contributed by atoms with Crippen LogP contribution in [0.5, 0.6) is 0 Å². The van der Waals surface area contributed by atoms with Gasteiger partial charge in [-0.1, -0.05) is 18.2 Å². The average molecular weight is 319 g/mol. The molecular weight excluding hydrogens is 304 g/mol. The van der Waals surface area contributed by atoms with E-state index in [1.807, 2.05) is 6.07 Å². The minimum absolute atomic E-state index is 0.604. The fraction of sp³-hybridized carbons (Fsp3) is 0.214. The molecule has 0 fully saturated rings. The van der Waals surface area contributed by atoms with Gasteiger partial charge in [-0.15, -0.1) is 0 Å². The van der Waals surface area contributed by atoms with Crippen LogP contribution < -0.4 is 5.73 Å². The first-order chi connectivity index (χ1) is 9.20. The van der Waals surface area contributed by atoms with Crippen molar-refractivity contribution in [2.75, 3.05) is 6.54 Å². The molecule has 5 heteroatoms. The van der Waals surface area contributed by atoms with E-state index >= 15 is 0 Å². The van der Waals surface area contributed by atoms with Crippen LogP contribution in [0.3, 0.4) is 0 Å². The first kappa shape index (κ1) is 12.4. The van der Waals surface area contributed by atoms with Crippen LogP contribution in [-0.2, 0) is 13.5 Å². The van der Waals surface area contributed by atoms with Crippen LogP contribution in [0.1, 0.15) is 5.69 Å². The lowest BCUT2D eigenvalue weighted by molar-refractivity contribution is 0.933. The second-order valence-electron chi connectivity index (χ2n) is 4.56. The van der Waals surface area contributed by atoms with Crippen LogP contribution in [-0.4, -0.2) is 21.1 Å². The van der Waals surface area contributed by atoms with Gasteiger partial charge in [0.25, 0.3) is 0 Å². The number of halogens is 1. The number of imidazole rings is 1. The quantitative estimate of drug-likeness (QED) is 0.780. The van der Waals surface area contributed by atoms with Crippen molar-refractivity contribution < 1.29 is 0 Å². The summed E-state index contributed by atoms with van der Waals surface area (Å²) in [5.41, 5.74) is 10.1. The second-order valence-corrected chi connectivity index (χ2v) is 5.32. The minimum Gasteiger partial charge on any atom is -0.350 e. The molecule has 1 aromatic carbocycles. The Morgan fingerprint density at radius 2 is 2.16 bits per heavy atom. The molecule has 0 aliphatic carbocycles. The number of nitrogens with two attached hydrogens (primary N) is 1. The molecule has 3 N–H and O–H groups in total. The number of aromatic nitrogens is 3. The van der Waals surface area contributed by atoms with Gasteiger partial charge < -0.3 is 15.3 Å². The van der Waals surface area contributed by atoms with Gasteiger partial charge in [-0.25, -0.2) is 4.98 Å². The lowest BCUT2D eigenvalue weighted by Crippen LogP contribution is -2.04. The molecule has 0 saturated heterocycles. The Morgan fingerprint density at radius 1 is 1.37 bits per heavy atom. The summed E-state index contributed by atoms with van der Waals surface area (Å²) in [4.78, 5) is 7.79. The van der Waals surface area contributed by atoms with Gasteiger partial charge in [-0.2, -0.15) is 0 Å². The molecule has 0 unspecified atom stereocenters. The van der Waals surface area contributed by atoms with E-state index in [0.717, 1.165) is 28.1 Å². The molecule has 0 atom stereocenters. The van der Waals surface area contributed by atoms with E-state index in [4.69, 9.17) is 5.73 Å². The Hall–Kier alpha value is -1.59. The Bertz CT molecular complexity index is 726. The van der Waals surface area contributed by atoms with E-state index in [0.29, 0.717) is 6.54 Å². The van der Waals surface area contributed by atoms with Crippen LogP contribution in [0.4, 0.5) is 0 Å². The molecule has 2 heterocycles. The fourth-order valence-electron chi connectivity index (χ4n) is 2.46. The summed E-state index contributed by atoms with van der Waals surface area (Å²) < 4.78 is 2.87. The average Bonchev–Trinajstić information content (AvgIpc) is 2.92. The largest absolute Gasteiger partial charge is 0.350 e. The first-order valence-corrected chi connectivity index (χ1v) is 6.99. The Balaban J connectivity index is 2.24. The molecule has 4 nitrogen and oxygen atoms in total. The standard InChI is InChI=1S/C14H15BrN4/c1-19-8-10(9-4-2-3-5-12(9)19)13-11(6-7-16)17-14(15)18-13/h2-5,8H,6-7,16H2,1H3,(H,17,18). The molecule has 2 aromatic heterocycles. The number of fused-ring (bicyclic) bond motifs is 1. The zero-order valence-corrected chi connectivity index (χ0v) is 12.2. The topological polar surface area (TPSA) is 59.6 Å². The molecule has 19 heavy (non-hydrogen) atoms. The molecule has 0 radical (unpaired) electrons. The summed E-state index contributed by atoms with van der Waals surface area (Å²) in [6, 6.07) is 8.34. The number of nitrogens with zero attached hydrogens (tertiary/aromatic N) is 2. The van der Waals surface area contributed by atoms with Gasteiger partial charge in [-0.05, 0) is 28.5 Å². The maximum Gasteiger partial charge on any atom is 0.175 e. The zero-order valence-electron chi connectivity index (χ0n) is 10.7. The molecule has 0 aliphatic heterocycles. The van der Waals surface area contributed by atoms with E-state index in [2.05, 4.69) is 61.9 Å². The molecule has 0 saturated carbocycles. The summed E-state index contributed by atoms with van der Waals surface area (Å²) in [7, 11) is 2.05. The highest BCUT2D eigenvalue weighted by atomic mass is 79.9. The Kier molecular flexibility index (Phi) is 3.16. The highest BCUT2D eigenvalue weighted by molar-refractivity contribution is 9.10. The third kappa shape index (κ3) is 2.09.